The van der Waals surface area contributed by atoms with Crippen molar-refractivity contribution >= 4 is 11.8 Å². The number of rotatable bonds is 2. The van der Waals surface area contributed by atoms with E-state index in [1.165, 1.54) is 18.4 Å². The number of likely N-dealkylation sites (N-methyl/N-ethyl adjacent to an activating group) is 1. The molecule has 0 spiro atoms. The molecule has 2 heterocycles. The fourth-order valence-electron chi connectivity index (χ4n) is 3.27. The molecule has 1 unspecified atom stereocenters. The molecule has 1 N–H and O–H groups in total. The van der Waals surface area contributed by atoms with Crippen LogP contribution in [0.2, 0.25) is 0 Å². The SMILES string of the molecule is [2H]C1C(C)=Cc2c(OC)cc(C3CCNCC3)cc2N1C. The lowest BCUT2D eigenvalue weighted by Gasteiger charge is -2.30. The van der Waals surface area contributed by atoms with Gasteiger partial charge >= 0.3 is 0 Å². The minimum atomic E-state index is -0.300. The second kappa shape index (κ2) is 5.49. The third kappa shape index (κ3) is 2.42. The molecule has 1 fully saturated rings. The first-order valence-electron chi connectivity index (χ1n) is 7.95. The Balaban J connectivity index is 2.06. The van der Waals surface area contributed by atoms with Crippen LogP contribution in [0.1, 0.15) is 38.2 Å². The fraction of sp³-hybridized carbons (Fsp3) is 0.529. The van der Waals surface area contributed by atoms with Gasteiger partial charge in [-0.1, -0.05) is 5.57 Å². The molecule has 1 aromatic rings. The molecule has 0 bridgehead atoms. The molecular weight excluding hydrogens is 248 g/mol. The number of ether oxygens (including phenoxy) is 1. The zero-order valence-electron chi connectivity index (χ0n) is 13.6. The van der Waals surface area contributed by atoms with Gasteiger partial charge in [0.15, 0.2) is 0 Å². The molecule has 108 valence electrons. The van der Waals surface area contributed by atoms with E-state index >= 15 is 0 Å². The quantitative estimate of drug-likeness (QED) is 0.896. The Hall–Kier alpha value is -1.48. The van der Waals surface area contributed by atoms with Crippen molar-refractivity contribution in [2.45, 2.75) is 25.7 Å². The van der Waals surface area contributed by atoms with Crippen LogP contribution in [-0.4, -0.2) is 33.8 Å². The van der Waals surface area contributed by atoms with E-state index in [9.17, 15) is 0 Å². The normalized spacial score (nSPS) is 23.9. The zero-order chi connectivity index (χ0) is 15.0. The Labute approximate surface area is 123 Å². The van der Waals surface area contributed by atoms with E-state index in [0.29, 0.717) is 5.92 Å². The number of benzene rings is 1. The van der Waals surface area contributed by atoms with Crippen molar-refractivity contribution in [3.8, 4) is 5.75 Å². The first-order chi connectivity index (χ1) is 10.1. The van der Waals surface area contributed by atoms with E-state index in [1.807, 2.05) is 18.9 Å². The van der Waals surface area contributed by atoms with Crippen molar-refractivity contribution in [3.63, 3.8) is 0 Å². The number of piperidine rings is 1. The molecule has 0 aliphatic carbocycles. The van der Waals surface area contributed by atoms with Gasteiger partial charge < -0.3 is 15.0 Å². The summed E-state index contributed by atoms with van der Waals surface area (Å²) >= 11 is 0. The van der Waals surface area contributed by atoms with Crippen molar-refractivity contribution in [3.05, 3.63) is 28.8 Å². The Kier molecular flexibility index (Phi) is 3.37. The summed E-state index contributed by atoms with van der Waals surface area (Å²) in [5.74, 6) is 1.52. The average Bonchev–Trinajstić information content (AvgIpc) is 2.53. The molecule has 3 nitrogen and oxygen atoms in total. The van der Waals surface area contributed by atoms with Crippen LogP contribution in [0.25, 0.3) is 6.08 Å². The fourth-order valence-corrected chi connectivity index (χ4v) is 3.27. The van der Waals surface area contributed by atoms with Gasteiger partial charge in [-0.25, -0.2) is 0 Å². The Morgan fingerprint density at radius 2 is 2.10 bits per heavy atom. The molecule has 2 aliphatic rings. The first kappa shape index (κ1) is 12.3. The maximum Gasteiger partial charge on any atom is 0.128 e. The molecule has 1 saturated heterocycles. The van der Waals surface area contributed by atoms with Crippen molar-refractivity contribution < 1.29 is 6.11 Å². The van der Waals surface area contributed by atoms with Crippen LogP contribution in [0, 0.1) is 0 Å². The number of hydrogen-bond donors (Lipinski definition) is 1. The maximum absolute atomic E-state index is 8.26. The molecular formula is C17H24N2O. The lowest BCUT2D eigenvalue weighted by Crippen LogP contribution is -2.27. The van der Waals surface area contributed by atoms with Crippen molar-refractivity contribution in [1.29, 1.82) is 0 Å². The summed E-state index contributed by atoms with van der Waals surface area (Å²) in [5.41, 5.74) is 4.63. The number of anilines is 1. The van der Waals surface area contributed by atoms with E-state index in [4.69, 9.17) is 6.11 Å². The van der Waals surface area contributed by atoms with Gasteiger partial charge in [-0.15, -0.1) is 0 Å². The topological polar surface area (TPSA) is 24.5 Å². The third-order valence-electron chi connectivity index (χ3n) is 4.32. The first-order valence-corrected chi connectivity index (χ1v) is 7.37. The summed E-state index contributed by atoms with van der Waals surface area (Å²) in [6.45, 7) is 3.88. The molecule has 2 aliphatic heterocycles. The Morgan fingerprint density at radius 3 is 2.80 bits per heavy atom. The second-order valence-electron chi connectivity index (χ2n) is 5.81. The summed E-state index contributed by atoms with van der Waals surface area (Å²) in [5, 5.41) is 3.42. The molecule has 20 heavy (non-hydrogen) atoms. The van der Waals surface area contributed by atoms with Crippen LogP contribution < -0.4 is 15.0 Å². The molecule has 3 heteroatoms. The molecule has 0 radical (unpaired) electrons. The number of nitrogens with one attached hydrogen (secondary N) is 1. The number of nitrogens with zero attached hydrogens (tertiary/aromatic N) is 1. The summed E-state index contributed by atoms with van der Waals surface area (Å²) < 4.78 is 13.9. The van der Waals surface area contributed by atoms with E-state index < -0.39 is 0 Å². The standard InChI is InChI=1S/C17H24N2O/c1-12-8-15-16(19(2)11-12)9-14(10-17(15)20-3)13-4-6-18-7-5-13/h8-10,13,18H,4-7,11H2,1-3H3/i11D. The number of fused-ring (bicyclic) bond motifs is 1. The largest absolute Gasteiger partial charge is 0.496 e. The van der Waals surface area contributed by atoms with E-state index in [1.54, 1.807) is 7.11 Å². The van der Waals surface area contributed by atoms with Crippen LogP contribution in [0.3, 0.4) is 0 Å². The summed E-state index contributed by atoms with van der Waals surface area (Å²) in [6, 6.07) is 4.45. The van der Waals surface area contributed by atoms with Gasteiger partial charge in [0.2, 0.25) is 0 Å². The average molecular weight is 273 g/mol. The van der Waals surface area contributed by atoms with E-state index in [-0.39, 0.29) is 6.52 Å². The van der Waals surface area contributed by atoms with Crippen molar-refractivity contribution in [1.82, 2.24) is 5.32 Å². The molecule has 0 amide bonds. The summed E-state index contributed by atoms with van der Waals surface area (Å²) in [6.07, 6.45) is 4.44. The van der Waals surface area contributed by atoms with Gasteiger partial charge in [0.1, 0.15) is 5.75 Å². The monoisotopic (exact) mass is 273 g/mol. The molecule has 3 rings (SSSR count). The van der Waals surface area contributed by atoms with Gasteiger partial charge in [0.05, 0.1) is 8.48 Å². The molecule has 1 aromatic carbocycles. The van der Waals surface area contributed by atoms with E-state index in [2.05, 4.69) is 23.5 Å². The Bertz CT molecular complexity index is 564. The highest BCUT2D eigenvalue weighted by molar-refractivity contribution is 5.78. The van der Waals surface area contributed by atoms with E-state index in [0.717, 1.165) is 35.7 Å². The predicted molar refractivity (Wildman–Crippen MR) is 84.8 cm³/mol. The van der Waals surface area contributed by atoms with Crippen LogP contribution in [0.5, 0.6) is 5.75 Å². The highest BCUT2D eigenvalue weighted by atomic mass is 16.5. The molecule has 0 saturated carbocycles. The van der Waals surface area contributed by atoms with Gasteiger partial charge in [-0.3, -0.25) is 0 Å². The summed E-state index contributed by atoms with van der Waals surface area (Å²) in [4.78, 5) is 2.04. The van der Waals surface area contributed by atoms with Crippen LogP contribution >= 0.6 is 0 Å². The van der Waals surface area contributed by atoms with Crippen molar-refractivity contribution in [2.24, 2.45) is 0 Å². The highest BCUT2D eigenvalue weighted by Gasteiger charge is 2.22. The predicted octanol–water partition coefficient (Wildman–Crippen LogP) is 3.02. The lowest BCUT2D eigenvalue weighted by atomic mass is 9.88. The third-order valence-corrected chi connectivity index (χ3v) is 4.32. The molecule has 0 aromatic heterocycles. The van der Waals surface area contributed by atoms with Crippen LogP contribution in [0.4, 0.5) is 5.69 Å². The van der Waals surface area contributed by atoms with Gasteiger partial charge in [-0.2, -0.15) is 0 Å². The zero-order valence-corrected chi connectivity index (χ0v) is 12.6. The van der Waals surface area contributed by atoms with Gasteiger partial charge in [0.25, 0.3) is 0 Å². The molecule has 1 atom stereocenters. The smallest absolute Gasteiger partial charge is 0.128 e. The highest BCUT2D eigenvalue weighted by Crippen LogP contribution is 2.39. The number of methoxy groups -OCH3 is 1. The second-order valence-corrected chi connectivity index (χ2v) is 5.81. The lowest BCUT2D eigenvalue weighted by molar-refractivity contribution is 0.410. The summed E-state index contributed by atoms with van der Waals surface area (Å²) in [7, 11) is 3.73. The van der Waals surface area contributed by atoms with Crippen molar-refractivity contribution in [2.75, 3.05) is 38.7 Å². The minimum absolute atomic E-state index is 0.300. The number of hydrogen-bond acceptors (Lipinski definition) is 3. The minimum Gasteiger partial charge on any atom is -0.496 e. The van der Waals surface area contributed by atoms with Gasteiger partial charge in [0, 0.05) is 24.8 Å². The maximum atomic E-state index is 8.26. The Morgan fingerprint density at radius 1 is 1.35 bits per heavy atom. The van der Waals surface area contributed by atoms with Crippen LogP contribution in [0.15, 0.2) is 17.7 Å². The van der Waals surface area contributed by atoms with Crippen LogP contribution in [-0.2, 0) is 0 Å². The van der Waals surface area contributed by atoms with Gasteiger partial charge in [-0.05, 0) is 62.5 Å².